The van der Waals surface area contributed by atoms with E-state index in [0.717, 1.165) is 6.42 Å². The Morgan fingerprint density at radius 1 is 1.25 bits per heavy atom. The second-order valence-corrected chi connectivity index (χ2v) is 6.57. The van der Waals surface area contributed by atoms with Gasteiger partial charge in [-0.25, -0.2) is 15.0 Å². The van der Waals surface area contributed by atoms with E-state index in [-0.39, 0.29) is 6.61 Å². The lowest BCUT2D eigenvalue weighted by molar-refractivity contribution is -0.155. The molecule has 2 aromatic rings. The lowest BCUT2D eigenvalue weighted by Crippen LogP contribution is -2.31. The first-order valence-electron chi connectivity index (χ1n) is 9.00. The molecule has 0 aromatic carbocycles. The number of imidazole rings is 1. The number of hydrogen-bond acceptors (Lipinski definition) is 9. The van der Waals surface area contributed by atoms with E-state index in [1.807, 2.05) is 6.08 Å². The molecule has 2 aromatic heterocycles. The van der Waals surface area contributed by atoms with E-state index < -0.39 is 30.4 Å². The highest BCUT2D eigenvalue weighted by molar-refractivity contribution is 5.83. The molecule has 0 spiro atoms. The Kier molecular flexibility index (Phi) is 4.95. The Hall–Kier alpha value is -3.01. The summed E-state index contributed by atoms with van der Waals surface area (Å²) >= 11 is 0. The van der Waals surface area contributed by atoms with Crippen LogP contribution in [0, 0.1) is 0 Å². The molecule has 1 saturated heterocycles. The van der Waals surface area contributed by atoms with Gasteiger partial charge in [0.2, 0.25) is 0 Å². The first-order chi connectivity index (χ1) is 13.5. The van der Waals surface area contributed by atoms with Gasteiger partial charge in [0.15, 0.2) is 5.65 Å². The van der Waals surface area contributed by atoms with Crippen LogP contribution in [0.5, 0.6) is 0 Å². The van der Waals surface area contributed by atoms with Crippen molar-refractivity contribution in [1.29, 1.82) is 0 Å². The normalized spacial score (nSPS) is 24.1. The number of rotatable bonds is 5. The van der Waals surface area contributed by atoms with E-state index in [2.05, 4.69) is 15.0 Å². The van der Waals surface area contributed by atoms with Gasteiger partial charge in [-0.3, -0.25) is 14.2 Å². The average molecular weight is 388 g/mol. The van der Waals surface area contributed by atoms with Gasteiger partial charge in [-0.1, -0.05) is 0 Å². The predicted octanol–water partition coefficient (Wildman–Crippen LogP) is 1.37. The smallest absolute Gasteiger partial charge is 0.303 e. The van der Waals surface area contributed by atoms with Crippen LogP contribution in [0.1, 0.15) is 38.6 Å². The van der Waals surface area contributed by atoms with Gasteiger partial charge in [0.1, 0.15) is 48.3 Å². The Morgan fingerprint density at radius 3 is 2.82 bits per heavy atom. The molecule has 0 N–H and O–H groups in total. The van der Waals surface area contributed by atoms with Crippen molar-refractivity contribution in [1.82, 2.24) is 19.5 Å². The maximum absolute atomic E-state index is 11.4. The summed E-state index contributed by atoms with van der Waals surface area (Å²) in [4.78, 5) is 35.7. The highest BCUT2D eigenvalue weighted by Crippen LogP contribution is 2.34. The van der Waals surface area contributed by atoms with Crippen molar-refractivity contribution in [2.24, 2.45) is 0 Å². The van der Waals surface area contributed by atoms with Gasteiger partial charge in [0.05, 0.1) is 12.9 Å². The van der Waals surface area contributed by atoms with E-state index in [1.165, 1.54) is 20.2 Å². The van der Waals surface area contributed by atoms with Gasteiger partial charge in [0, 0.05) is 26.7 Å². The van der Waals surface area contributed by atoms with Gasteiger partial charge in [-0.05, 0) is 6.08 Å². The first-order valence-corrected chi connectivity index (χ1v) is 9.00. The standard InChI is InChI=1S/C18H20N4O6/c1-10(23)26-7-14-13(27-11(2)24)6-15(28-14)22-9-21-17-16(12-4-3-5-25-12)19-8-20-18(17)22/h4,8-9,13-15H,3,5-7H2,1-2H3/t13-,14+,15+/m0/s1. The molecule has 2 aliphatic rings. The molecule has 10 nitrogen and oxygen atoms in total. The minimum atomic E-state index is -0.572. The molecule has 4 rings (SSSR count). The molecule has 0 aliphatic carbocycles. The number of carbonyl (C=O) groups excluding carboxylic acids is 2. The Balaban J connectivity index is 1.61. The number of carbonyl (C=O) groups is 2. The number of hydrogen-bond donors (Lipinski definition) is 0. The van der Waals surface area contributed by atoms with Gasteiger partial charge < -0.3 is 18.9 Å². The van der Waals surface area contributed by atoms with Crippen LogP contribution in [-0.4, -0.2) is 56.9 Å². The summed E-state index contributed by atoms with van der Waals surface area (Å²) in [5.74, 6) is -0.160. The maximum atomic E-state index is 11.4. The van der Waals surface area contributed by atoms with Crippen molar-refractivity contribution < 1.29 is 28.5 Å². The molecule has 0 saturated carbocycles. The number of ether oxygens (including phenoxy) is 4. The summed E-state index contributed by atoms with van der Waals surface area (Å²) in [6.07, 6.45) is 4.66. The van der Waals surface area contributed by atoms with Crippen LogP contribution >= 0.6 is 0 Å². The molecular weight excluding hydrogens is 368 g/mol. The Morgan fingerprint density at radius 2 is 2.11 bits per heavy atom. The van der Waals surface area contributed by atoms with Crippen LogP contribution in [0.2, 0.25) is 0 Å². The maximum Gasteiger partial charge on any atom is 0.303 e. The fourth-order valence-corrected chi connectivity index (χ4v) is 3.38. The van der Waals surface area contributed by atoms with E-state index in [0.29, 0.717) is 35.6 Å². The Bertz CT molecular complexity index is 939. The lowest BCUT2D eigenvalue weighted by Gasteiger charge is -2.17. The zero-order chi connectivity index (χ0) is 19.7. The summed E-state index contributed by atoms with van der Waals surface area (Å²) in [5, 5.41) is 0. The van der Waals surface area contributed by atoms with Crippen LogP contribution in [0.25, 0.3) is 16.9 Å². The molecule has 1 fully saturated rings. The molecular formula is C18H20N4O6. The van der Waals surface area contributed by atoms with Crippen LogP contribution < -0.4 is 0 Å². The summed E-state index contributed by atoms with van der Waals surface area (Å²) in [7, 11) is 0. The van der Waals surface area contributed by atoms with Gasteiger partial charge in [-0.15, -0.1) is 0 Å². The quantitative estimate of drug-likeness (QED) is 0.700. The van der Waals surface area contributed by atoms with Crippen LogP contribution in [0.4, 0.5) is 0 Å². The van der Waals surface area contributed by atoms with Gasteiger partial charge >= 0.3 is 11.9 Å². The molecule has 148 valence electrons. The zero-order valence-corrected chi connectivity index (χ0v) is 15.5. The van der Waals surface area contributed by atoms with Crippen molar-refractivity contribution >= 4 is 28.9 Å². The number of aromatic nitrogens is 4. The minimum absolute atomic E-state index is 0.00261. The minimum Gasteiger partial charge on any atom is -0.491 e. The fraction of sp³-hybridized carbons (Fsp3) is 0.500. The molecule has 2 aliphatic heterocycles. The van der Waals surface area contributed by atoms with Gasteiger partial charge in [0.25, 0.3) is 0 Å². The van der Waals surface area contributed by atoms with Crippen LogP contribution in [0.3, 0.4) is 0 Å². The molecule has 0 unspecified atom stereocenters. The molecule has 10 heteroatoms. The third kappa shape index (κ3) is 3.55. The van der Waals surface area contributed by atoms with Crippen molar-refractivity contribution in [3.63, 3.8) is 0 Å². The van der Waals surface area contributed by atoms with E-state index in [9.17, 15) is 9.59 Å². The predicted molar refractivity (Wildman–Crippen MR) is 94.6 cm³/mol. The van der Waals surface area contributed by atoms with E-state index in [4.69, 9.17) is 18.9 Å². The van der Waals surface area contributed by atoms with Crippen LogP contribution in [-0.2, 0) is 28.5 Å². The second kappa shape index (κ2) is 7.55. The van der Waals surface area contributed by atoms with Crippen molar-refractivity contribution in [2.75, 3.05) is 13.2 Å². The molecule has 0 radical (unpaired) electrons. The molecule has 0 amide bonds. The van der Waals surface area contributed by atoms with Crippen molar-refractivity contribution in [3.8, 4) is 0 Å². The highest BCUT2D eigenvalue weighted by Gasteiger charge is 2.40. The largest absolute Gasteiger partial charge is 0.491 e. The fourth-order valence-electron chi connectivity index (χ4n) is 3.38. The monoisotopic (exact) mass is 388 g/mol. The first kappa shape index (κ1) is 18.4. The second-order valence-electron chi connectivity index (χ2n) is 6.57. The van der Waals surface area contributed by atoms with Crippen molar-refractivity contribution in [2.45, 2.75) is 45.1 Å². The Labute approximate surface area is 160 Å². The molecule has 4 heterocycles. The van der Waals surface area contributed by atoms with Crippen LogP contribution in [0.15, 0.2) is 18.7 Å². The molecule has 0 bridgehead atoms. The van der Waals surface area contributed by atoms with E-state index in [1.54, 1.807) is 10.9 Å². The average Bonchev–Trinajstić information content (AvgIpc) is 3.38. The third-order valence-electron chi connectivity index (χ3n) is 4.56. The number of fused-ring (bicyclic) bond motifs is 1. The van der Waals surface area contributed by atoms with Gasteiger partial charge in [-0.2, -0.15) is 0 Å². The lowest BCUT2D eigenvalue weighted by atomic mass is 10.2. The summed E-state index contributed by atoms with van der Waals surface area (Å²) in [5.41, 5.74) is 1.82. The SMILES string of the molecule is CC(=O)OC[C@H]1O[C@@H](n2cnc3c(C4=CCCO4)ncnc32)C[C@@H]1OC(C)=O. The summed E-state index contributed by atoms with van der Waals surface area (Å²) in [6, 6.07) is 0. The van der Waals surface area contributed by atoms with E-state index >= 15 is 0 Å². The molecule has 3 atom stereocenters. The highest BCUT2D eigenvalue weighted by atomic mass is 16.6. The topological polar surface area (TPSA) is 115 Å². The number of esters is 2. The summed E-state index contributed by atoms with van der Waals surface area (Å²) in [6.45, 7) is 3.26. The summed E-state index contributed by atoms with van der Waals surface area (Å²) < 4.78 is 23.8. The zero-order valence-electron chi connectivity index (χ0n) is 15.5. The van der Waals surface area contributed by atoms with Crippen molar-refractivity contribution in [3.05, 3.63) is 24.4 Å². The molecule has 28 heavy (non-hydrogen) atoms. The third-order valence-corrected chi connectivity index (χ3v) is 4.56. The number of nitrogens with zero attached hydrogens (tertiary/aromatic N) is 4.